The third-order valence-corrected chi connectivity index (χ3v) is 7.43. The summed E-state index contributed by atoms with van der Waals surface area (Å²) in [5, 5.41) is 32.0. The summed E-state index contributed by atoms with van der Waals surface area (Å²) in [6.07, 6.45) is 4.03. The van der Waals surface area contributed by atoms with E-state index in [1.807, 2.05) is 29.2 Å². The fraction of sp³-hybridized carbons (Fsp3) is 0.480. The molecular weight excluding hydrogens is 585 g/mol. The van der Waals surface area contributed by atoms with Gasteiger partial charge in [0.05, 0.1) is 20.0 Å². The molecule has 4 rings (SSSR count). The number of anilines is 4. The van der Waals surface area contributed by atoms with Gasteiger partial charge in [0.1, 0.15) is 23.8 Å². The number of aliphatic hydroxyl groups is 1. The monoisotopic (exact) mass is 616 g/mol. The second kappa shape index (κ2) is 17.0. The molecule has 0 radical (unpaired) electrons. The van der Waals surface area contributed by atoms with Crippen LogP contribution in [0.5, 0.6) is 0 Å². The Hall–Kier alpha value is -1.60. The second-order valence-electron chi connectivity index (χ2n) is 9.69. The molecule has 0 spiro atoms. The number of benzene rings is 1. The van der Waals surface area contributed by atoms with Gasteiger partial charge in [0.15, 0.2) is 0 Å². The zero-order valence-electron chi connectivity index (χ0n) is 23.8. The van der Waals surface area contributed by atoms with Crippen LogP contribution in [0.15, 0.2) is 24.3 Å². The van der Waals surface area contributed by atoms with Crippen molar-refractivity contribution in [3.05, 3.63) is 35.5 Å². The van der Waals surface area contributed by atoms with E-state index >= 15 is 0 Å². The van der Waals surface area contributed by atoms with Crippen LogP contribution in [-0.2, 0) is 9.09 Å². The SMILES string of the molecule is N#CCC1CCN(c2nc(C=N)c(C(=O)NCOP(=O)([O-])[O-])c(Nc3ccc(N4CCC(O)CC4)cc3)n2)CC1.[Na+].[Na+]. The van der Waals surface area contributed by atoms with E-state index in [9.17, 15) is 24.3 Å². The molecule has 0 atom stereocenters. The summed E-state index contributed by atoms with van der Waals surface area (Å²) in [7, 11) is -5.31. The van der Waals surface area contributed by atoms with Gasteiger partial charge in [0.2, 0.25) is 5.95 Å². The zero-order chi connectivity index (χ0) is 28.7. The fourth-order valence-corrected chi connectivity index (χ4v) is 5.00. The maximum Gasteiger partial charge on any atom is 1.00 e. The van der Waals surface area contributed by atoms with Crippen LogP contribution >= 0.6 is 7.82 Å². The van der Waals surface area contributed by atoms with Crippen molar-refractivity contribution in [2.75, 3.05) is 48.0 Å². The van der Waals surface area contributed by atoms with E-state index in [4.69, 9.17) is 10.7 Å². The molecule has 1 aromatic heterocycles. The average molecular weight is 617 g/mol. The molecule has 0 aliphatic carbocycles. The number of nitrogens with zero attached hydrogens (tertiary/aromatic N) is 5. The molecule has 0 bridgehead atoms. The molecule has 2 aliphatic heterocycles. The van der Waals surface area contributed by atoms with Crippen molar-refractivity contribution in [3.63, 3.8) is 0 Å². The topological polar surface area (TPSA) is 214 Å². The Bertz CT molecular complexity index is 1290. The van der Waals surface area contributed by atoms with Crippen molar-refractivity contribution in [3.8, 4) is 6.07 Å². The second-order valence-corrected chi connectivity index (χ2v) is 10.8. The van der Waals surface area contributed by atoms with Gasteiger partial charge in [-0.1, -0.05) is 0 Å². The fourth-order valence-electron chi connectivity index (χ4n) is 4.77. The quantitative estimate of drug-likeness (QED) is 0.0854. The molecule has 2 aromatic rings. The van der Waals surface area contributed by atoms with Gasteiger partial charge in [0, 0.05) is 50.2 Å². The van der Waals surface area contributed by atoms with Crippen LogP contribution in [0.2, 0.25) is 0 Å². The van der Waals surface area contributed by atoms with Crippen LogP contribution in [0.25, 0.3) is 0 Å². The molecule has 14 nitrogen and oxygen atoms in total. The summed E-state index contributed by atoms with van der Waals surface area (Å²) >= 11 is 0. The van der Waals surface area contributed by atoms with Gasteiger partial charge in [0.25, 0.3) is 5.91 Å². The number of carbonyl (C=O) groups is 1. The van der Waals surface area contributed by atoms with Crippen molar-refractivity contribution in [2.45, 2.75) is 38.2 Å². The molecule has 3 heterocycles. The average Bonchev–Trinajstić information content (AvgIpc) is 2.93. The van der Waals surface area contributed by atoms with Crippen LogP contribution in [0.3, 0.4) is 0 Å². The number of aromatic nitrogens is 2. The van der Waals surface area contributed by atoms with Crippen molar-refractivity contribution < 1.29 is 87.9 Å². The largest absolute Gasteiger partial charge is 1.00 e. The number of carbonyl (C=O) groups excluding carboxylic acids is 1. The molecule has 0 saturated carbocycles. The Kier molecular flexibility index (Phi) is 14.8. The van der Waals surface area contributed by atoms with E-state index in [2.05, 4.69) is 36.1 Å². The Morgan fingerprint density at radius 2 is 1.74 bits per heavy atom. The first-order valence-electron chi connectivity index (χ1n) is 13.0. The van der Waals surface area contributed by atoms with Crippen LogP contribution in [0.4, 0.5) is 23.1 Å². The third-order valence-electron chi connectivity index (χ3n) is 6.98. The van der Waals surface area contributed by atoms with E-state index in [1.54, 1.807) is 0 Å². The number of phosphoric ester groups is 1. The first-order chi connectivity index (χ1) is 19.2. The van der Waals surface area contributed by atoms with Gasteiger partial charge in [-0.05, 0) is 55.9 Å². The van der Waals surface area contributed by atoms with Crippen molar-refractivity contribution in [2.24, 2.45) is 5.92 Å². The maximum atomic E-state index is 13.0. The molecule has 214 valence electrons. The standard InChI is InChI=1S/C25H33N8O6P.2Na/c26-10-5-17-6-11-33(12-7-17)25-30-21(15-27)22(24(35)28-16-39-40(36,37)38)23(31-25)29-18-1-3-19(4-2-18)32-13-8-20(34)9-14-32;;/h1-4,15,17,20,27,34H,5-9,11-14,16H2,(H,28,35)(H,29,30,31)(H2,36,37,38);;/q;2*+1/p-2. The molecule has 4 N–H and O–H groups in total. The smallest absolute Gasteiger partial charge is 0.790 e. The van der Waals surface area contributed by atoms with Crippen molar-refractivity contribution >= 4 is 43.1 Å². The molecular formula is C25H31N8Na2O6P. The molecule has 1 aromatic carbocycles. The summed E-state index contributed by atoms with van der Waals surface area (Å²) in [6.45, 7) is 1.80. The van der Waals surface area contributed by atoms with Crippen LogP contribution in [0.1, 0.15) is 48.2 Å². The number of nitrogens with one attached hydrogen (secondary N) is 3. The van der Waals surface area contributed by atoms with Gasteiger partial charge < -0.3 is 49.8 Å². The zero-order valence-corrected chi connectivity index (χ0v) is 28.7. The van der Waals surface area contributed by atoms with E-state index in [0.29, 0.717) is 44.0 Å². The number of nitriles is 1. The number of phosphoric acid groups is 1. The summed E-state index contributed by atoms with van der Waals surface area (Å²) in [6, 6.07) is 9.65. The maximum absolute atomic E-state index is 13.0. The molecule has 0 unspecified atom stereocenters. The normalized spacial score (nSPS) is 16.0. The summed E-state index contributed by atoms with van der Waals surface area (Å²) in [5.41, 5.74) is 1.45. The van der Waals surface area contributed by atoms with E-state index in [1.165, 1.54) is 0 Å². The van der Waals surface area contributed by atoms with Gasteiger partial charge in [-0.3, -0.25) is 4.79 Å². The Morgan fingerprint density at radius 1 is 1.12 bits per heavy atom. The van der Waals surface area contributed by atoms with Gasteiger partial charge in [-0.15, -0.1) is 0 Å². The molecule has 42 heavy (non-hydrogen) atoms. The van der Waals surface area contributed by atoms with Crippen LogP contribution in [0, 0.1) is 22.7 Å². The van der Waals surface area contributed by atoms with Gasteiger partial charge in [-0.25, -0.2) is 4.98 Å². The Labute approximate surface area is 288 Å². The minimum absolute atomic E-state index is 0. The number of aliphatic hydroxyl groups excluding tert-OH is 1. The van der Waals surface area contributed by atoms with E-state index in [-0.39, 0.29) is 88.2 Å². The Balaban J connectivity index is 0.00000308. The number of hydrogen-bond donors (Lipinski definition) is 4. The van der Waals surface area contributed by atoms with Gasteiger partial charge >= 0.3 is 59.1 Å². The molecule has 2 saturated heterocycles. The summed E-state index contributed by atoms with van der Waals surface area (Å²) in [4.78, 5) is 47.7. The molecule has 2 fully saturated rings. The van der Waals surface area contributed by atoms with Crippen molar-refractivity contribution in [1.29, 1.82) is 10.7 Å². The minimum Gasteiger partial charge on any atom is -0.790 e. The molecule has 17 heteroatoms. The van der Waals surface area contributed by atoms with Crippen molar-refractivity contribution in [1.82, 2.24) is 15.3 Å². The summed E-state index contributed by atoms with van der Waals surface area (Å²) in [5.74, 6) is -0.166. The van der Waals surface area contributed by atoms with Gasteiger partial charge in [-0.2, -0.15) is 10.2 Å². The first-order valence-corrected chi connectivity index (χ1v) is 14.4. The summed E-state index contributed by atoms with van der Waals surface area (Å²) < 4.78 is 14.9. The minimum atomic E-state index is -5.31. The van der Waals surface area contributed by atoms with Crippen LogP contribution < -0.4 is 89.3 Å². The first kappa shape index (κ1) is 36.6. The number of rotatable bonds is 10. The predicted octanol–water partition coefficient (Wildman–Crippen LogP) is -5.15. The molecule has 1 amide bonds. The van der Waals surface area contributed by atoms with E-state index in [0.717, 1.165) is 37.8 Å². The third kappa shape index (κ3) is 10.2. The Morgan fingerprint density at radius 3 is 2.31 bits per heavy atom. The molecule has 2 aliphatic rings. The number of piperidine rings is 2. The van der Waals surface area contributed by atoms with Crippen LogP contribution in [-0.4, -0.2) is 66.2 Å². The number of hydrogen-bond acceptors (Lipinski definition) is 13. The van der Waals surface area contributed by atoms with E-state index < -0.39 is 20.5 Å². The predicted molar refractivity (Wildman–Crippen MR) is 143 cm³/mol. The number of amides is 1.